The van der Waals surface area contributed by atoms with Crippen molar-refractivity contribution in [3.63, 3.8) is 0 Å². The van der Waals surface area contributed by atoms with Gasteiger partial charge in [-0.2, -0.15) is 0 Å². The lowest BCUT2D eigenvalue weighted by Crippen LogP contribution is -2.26. The third kappa shape index (κ3) is 2.52. The number of halogens is 1. The molecular formula is C17H17ClN2. The smallest absolute Gasteiger partial charge is 0.105 e. The molecular weight excluding hydrogens is 268 g/mol. The topological polar surface area (TPSA) is 29.3 Å². The van der Waals surface area contributed by atoms with Crippen LogP contribution in [0.5, 0.6) is 0 Å². The molecule has 102 valence electrons. The summed E-state index contributed by atoms with van der Waals surface area (Å²) in [5.41, 5.74) is 9.39. The molecule has 0 fully saturated rings. The van der Waals surface area contributed by atoms with Gasteiger partial charge in [-0.1, -0.05) is 54.1 Å². The Bertz CT molecular complexity index is 716. The molecule has 0 aliphatic carbocycles. The average molecular weight is 285 g/mol. The van der Waals surface area contributed by atoms with Gasteiger partial charge in [0.1, 0.15) is 5.16 Å². The Hall–Kier alpha value is -1.93. The molecule has 2 N–H and O–H groups in total. The molecule has 3 rings (SSSR count). The van der Waals surface area contributed by atoms with E-state index in [9.17, 15) is 0 Å². The van der Waals surface area contributed by atoms with E-state index < -0.39 is 0 Å². The Kier molecular flexibility index (Phi) is 3.41. The van der Waals surface area contributed by atoms with Crippen molar-refractivity contribution in [3.05, 3.63) is 70.5 Å². The van der Waals surface area contributed by atoms with Crippen molar-refractivity contribution in [3.8, 4) is 0 Å². The fourth-order valence-electron chi connectivity index (χ4n) is 2.51. The number of benzene rings is 2. The van der Waals surface area contributed by atoms with Gasteiger partial charge in [0, 0.05) is 12.7 Å². The minimum absolute atomic E-state index is 0.693. The maximum Gasteiger partial charge on any atom is 0.105 e. The number of hydrogen-bond acceptors (Lipinski definition) is 2. The maximum atomic E-state index is 6.19. The summed E-state index contributed by atoms with van der Waals surface area (Å²) in [4.78, 5) is 1.95. The monoisotopic (exact) mass is 284 g/mol. The Morgan fingerprint density at radius 3 is 2.70 bits per heavy atom. The normalized spacial score (nSPS) is 15.7. The zero-order valence-corrected chi connectivity index (χ0v) is 12.2. The van der Waals surface area contributed by atoms with Crippen LogP contribution in [0.4, 0.5) is 0 Å². The number of nitrogens with zero attached hydrogens (tertiary/aromatic N) is 1. The van der Waals surface area contributed by atoms with Gasteiger partial charge in [-0.05, 0) is 34.4 Å². The minimum Gasteiger partial charge on any atom is -0.400 e. The second kappa shape index (κ2) is 5.22. The predicted molar refractivity (Wildman–Crippen MR) is 85.4 cm³/mol. The van der Waals surface area contributed by atoms with Crippen molar-refractivity contribution in [2.75, 3.05) is 13.6 Å². The Morgan fingerprint density at radius 2 is 1.90 bits per heavy atom. The third-order valence-corrected chi connectivity index (χ3v) is 4.08. The van der Waals surface area contributed by atoms with Crippen molar-refractivity contribution < 1.29 is 0 Å². The summed E-state index contributed by atoms with van der Waals surface area (Å²) in [7, 11) is 1.94. The first-order valence-corrected chi connectivity index (χ1v) is 7.05. The molecule has 1 heterocycles. The van der Waals surface area contributed by atoms with Crippen molar-refractivity contribution in [2.24, 2.45) is 5.73 Å². The summed E-state index contributed by atoms with van der Waals surface area (Å²) < 4.78 is 0. The van der Waals surface area contributed by atoms with Crippen LogP contribution in [0.3, 0.4) is 0 Å². The Morgan fingerprint density at radius 1 is 1.15 bits per heavy atom. The zero-order chi connectivity index (χ0) is 14.1. The molecule has 3 heteroatoms. The van der Waals surface area contributed by atoms with Crippen LogP contribution in [-0.2, 0) is 6.42 Å². The van der Waals surface area contributed by atoms with Gasteiger partial charge in [-0.25, -0.2) is 0 Å². The van der Waals surface area contributed by atoms with E-state index in [2.05, 4.69) is 42.5 Å². The van der Waals surface area contributed by atoms with Gasteiger partial charge in [-0.15, -0.1) is 0 Å². The van der Waals surface area contributed by atoms with Crippen molar-refractivity contribution >= 4 is 22.4 Å². The number of fused-ring (bicyclic) bond motifs is 1. The predicted octanol–water partition coefficient (Wildman–Crippen LogP) is 3.62. The molecule has 0 saturated carbocycles. The number of hydrogen-bond donors (Lipinski definition) is 1. The molecule has 2 nitrogen and oxygen atoms in total. The first-order chi connectivity index (χ1) is 9.63. The van der Waals surface area contributed by atoms with Crippen LogP contribution in [0.15, 0.2) is 65.0 Å². The first-order valence-electron chi connectivity index (χ1n) is 6.67. The molecule has 0 aromatic heterocycles. The highest BCUT2D eigenvalue weighted by Crippen LogP contribution is 2.24. The van der Waals surface area contributed by atoms with Gasteiger partial charge in [0.25, 0.3) is 0 Å². The van der Waals surface area contributed by atoms with E-state index in [4.69, 9.17) is 17.3 Å². The summed E-state index contributed by atoms with van der Waals surface area (Å²) in [6.07, 6.45) is 2.79. The quantitative estimate of drug-likeness (QED) is 0.854. The number of rotatable bonds is 2. The molecule has 0 bridgehead atoms. The van der Waals surface area contributed by atoms with Crippen LogP contribution in [0, 0.1) is 0 Å². The van der Waals surface area contributed by atoms with Gasteiger partial charge in [0.15, 0.2) is 0 Å². The molecule has 20 heavy (non-hydrogen) atoms. The van der Waals surface area contributed by atoms with E-state index in [-0.39, 0.29) is 0 Å². The molecule has 1 aliphatic heterocycles. The SMILES string of the molecule is CN1CC(N)=C(Cc2ccc3ccccc3c2)C=C1Cl. The third-order valence-electron chi connectivity index (χ3n) is 3.69. The molecule has 0 atom stereocenters. The largest absolute Gasteiger partial charge is 0.400 e. The van der Waals surface area contributed by atoms with Crippen LogP contribution >= 0.6 is 11.6 Å². The number of nitrogens with two attached hydrogens (primary N) is 1. The molecule has 1 aliphatic rings. The standard InChI is InChI=1S/C17H17ClN2/c1-20-11-16(19)15(10-17(20)18)9-12-6-7-13-4-2-3-5-14(13)8-12/h2-8,10H,9,11,19H2,1H3. The van der Waals surface area contributed by atoms with Crippen molar-refractivity contribution in [2.45, 2.75) is 6.42 Å². The summed E-state index contributed by atoms with van der Waals surface area (Å²) in [5.74, 6) is 0. The lowest BCUT2D eigenvalue weighted by molar-refractivity contribution is 0.469. The number of likely N-dealkylation sites (N-methyl/N-ethyl adjacent to an activating group) is 1. The first kappa shape index (κ1) is 13.1. The highest BCUT2D eigenvalue weighted by Gasteiger charge is 2.14. The maximum absolute atomic E-state index is 6.19. The van der Waals surface area contributed by atoms with E-state index in [0.717, 1.165) is 22.8 Å². The van der Waals surface area contributed by atoms with Crippen LogP contribution < -0.4 is 5.73 Å². The van der Waals surface area contributed by atoms with Gasteiger partial charge in [0.05, 0.1) is 6.54 Å². The fraction of sp³-hybridized carbons (Fsp3) is 0.176. The minimum atomic E-state index is 0.693. The number of allylic oxidation sites excluding steroid dienone is 2. The molecule has 2 aromatic carbocycles. The van der Waals surface area contributed by atoms with Gasteiger partial charge < -0.3 is 10.6 Å². The fourth-order valence-corrected chi connectivity index (χ4v) is 2.70. The lowest BCUT2D eigenvalue weighted by atomic mass is 9.99. The van der Waals surface area contributed by atoms with E-state index in [0.29, 0.717) is 6.54 Å². The second-order valence-corrected chi connectivity index (χ2v) is 5.62. The molecule has 0 amide bonds. The van der Waals surface area contributed by atoms with Crippen LogP contribution in [0.2, 0.25) is 0 Å². The Balaban J connectivity index is 1.92. The molecule has 0 saturated heterocycles. The summed E-state index contributed by atoms with van der Waals surface area (Å²) in [6, 6.07) is 14.9. The van der Waals surface area contributed by atoms with Crippen LogP contribution in [0.25, 0.3) is 10.8 Å². The Labute approximate surface area is 124 Å². The van der Waals surface area contributed by atoms with Crippen LogP contribution in [-0.4, -0.2) is 18.5 Å². The zero-order valence-electron chi connectivity index (χ0n) is 11.4. The highest BCUT2D eigenvalue weighted by molar-refractivity contribution is 6.29. The van der Waals surface area contributed by atoms with E-state index in [1.165, 1.54) is 16.3 Å². The van der Waals surface area contributed by atoms with E-state index in [1.807, 2.05) is 18.0 Å². The molecule has 0 unspecified atom stereocenters. The second-order valence-electron chi connectivity index (χ2n) is 5.23. The summed E-state index contributed by atoms with van der Waals surface area (Å²) in [5, 5.41) is 3.26. The summed E-state index contributed by atoms with van der Waals surface area (Å²) >= 11 is 6.19. The van der Waals surface area contributed by atoms with Gasteiger partial charge in [0.2, 0.25) is 0 Å². The molecule has 0 radical (unpaired) electrons. The lowest BCUT2D eigenvalue weighted by Gasteiger charge is -2.25. The van der Waals surface area contributed by atoms with Crippen molar-refractivity contribution in [1.82, 2.24) is 4.90 Å². The highest BCUT2D eigenvalue weighted by atomic mass is 35.5. The van der Waals surface area contributed by atoms with Gasteiger partial charge in [-0.3, -0.25) is 0 Å². The molecule has 2 aromatic rings. The van der Waals surface area contributed by atoms with E-state index in [1.54, 1.807) is 0 Å². The van der Waals surface area contributed by atoms with Crippen LogP contribution in [0.1, 0.15) is 5.56 Å². The average Bonchev–Trinajstić information content (AvgIpc) is 2.44. The van der Waals surface area contributed by atoms with Gasteiger partial charge >= 0.3 is 0 Å². The van der Waals surface area contributed by atoms with E-state index >= 15 is 0 Å². The summed E-state index contributed by atoms with van der Waals surface area (Å²) in [6.45, 7) is 0.693. The van der Waals surface area contributed by atoms with Crippen molar-refractivity contribution in [1.29, 1.82) is 0 Å². The molecule has 0 spiro atoms.